The van der Waals surface area contributed by atoms with E-state index >= 15 is 0 Å². The summed E-state index contributed by atoms with van der Waals surface area (Å²) in [6.45, 7) is 4.10. The lowest BCUT2D eigenvalue weighted by atomic mass is 10.1. The van der Waals surface area contributed by atoms with Gasteiger partial charge in [-0.2, -0.15) is 27.6 Å². The van der Waals surface area contributed by atoms with Crippen molar-refractivity contribution in [1.82, 2.24) is 13.5 Å². The van der Waals surface area contributed by atoms with Gasteiger partial charge in [-0.1, -0.05) is 6.07 Å². The lowest BCUT2D eigenvalue weighted by molar-refractivity contribution is 0.210. The Balaban J connectivity index is 1.72. The molecule has 2 saturated heterocycles. The monoisotopic (exact) mass is 374 g/mol. The quantitative estimate of drug-likeness (QED) is 0.742. The summed E-state index contributed by atoms with van der Waals surface area (Å²) >= 11 is 0. The second-order valence-corrected chi connectivity index (χ2v) is 8.45. The van der Waals surface area contributed by atoms with Crippen LogP contribution in [0.1, 0.15) is 11.1 Å². The molecule has 1 aromatic rings. The second-order valence-electron chi connectivity index (χ2n) is 6.52. The molecule has 1 aromatic carbocycles. The Labute approximate surface area is 154 Å². The molecule has 9 heteroatoms. The molecule has 0 unspecified atom stereocenters. The van der Waals surface area contributed by atoms with Crippen molar-refractivity contribution in [2.45, 2.75) is 0 Å². The number of piperazine rings is 2. The lowest BCUT2D eigenvalue weighted by Crippen LogP contribution is -2.56. The van der Waals surface area contributed by atoms with Crippen LogP contribution >= 0.6 is 0 Å². The third kappa shape index (κ3) is 3.53. The van der Waals surface area contributed by atoms with Gasteiger partial charge in [0.15, 0.2) is 0 Å². The SMILES string of the molecule is CN1CCN(S(=O)(=O)N2CCN(c3c(C#N)cccc3C#N)CC2)CC1. The second kappa shape index (κ2) is 7.60. The van der Waals surface area contributed by atoms with Crippen molar-refractivity contribution in [2.75, 3.05) is 64.3 Å². The highest BCUT2D eigenvalue weighted by Gasteiger charge is 2.34. The molecule has 2 heterocycles. The first-order valence-electron chi connectivity index (χ1n) is 8.59. The molecule has 2 aliphatic heterocycles. The molecule has 0 amide bonds. The van der Waals surface area contributed by atoms with Crippen LogP contribution in [-0.4, -0.2) is 81.3 Å². The molecule has 0 bridgehead atoms. The number of nitriles is 2. The molecular weight excluding hydrogens is 352 g/mol. The van der Waals surface area contributed by atoms with Crippen LogP contribution in [-0.2, 0) is 10.2 Å². The Morgan fingerprint density at radius 2 is 1.31 bits per heavy atom. The Morgan fingerprint density at radius 3 is 1.77 bits per heavy atom. The smallest absolute Gasteiger partial charge is 0.282 e. The van der Waals surface area contributed by atoms with E-state index in [0.717, 1.165) is 13.1 Å². The van der Waals surface area contributed by atoms with Gasteiger partial charge in [0.05, 0.1) is 16.8 Å². The van der Waals surface area contributed by atoms with Crippen molar-refractivity contribution >= 4 is 15.9 Å². The number of benzene rings is 1. The van der Waals surface area contributed by atoms with Crippen LogP contribution in [0, 0.1) is 22.7 Å². The van der Waals surface area contributed by atoms with E-state index < -0.39 is 10.2 Å². The molecule has 0 spiro atoms. The maximum absolute atomic E-state index is 12.8. The maximum Gasteiger partial charge on any atom is 0.282 e. The fourth-order valence-corrected chi connectivity index (χ4v) is 4.97. The zero-order chi connectivity index (χ0) is 18.7. The Bertz CT molecular complexity index is 809. The van der Waals surface area contributed by atoms with Crippen LogP contribution in [0.25, 0.3) is 0 Å². The number of para-hydroxylation sites is 1. The van der Waals surface area contributed by atoms with E-state index in [9.17, 15) is 18.9 Å². The third-order valence-electron chi connectivity index (χ3n) is 4.95. The molecule has 0 radical (unpaired) electrons. The molecule has 2 aliphatic rings. The van der Waals surface area contributed by atoms with Gasteiger partial charge in [0.2, 0.25) is 0 Å². The van der Waals surface area contributed by atoms with Crippen LogP contribution in [0.15, 0.2) is 18.2 Å². The predicted octanol–water partition coefficient (Wildman–Crippen LogP) is 0.0442. The fraction of sp³-hybridized carbons (Fsp3) is 0.529. The largest absolute Gasteiger partial charge is 0.367 e. The van der Waals surface area contributed by atoms with E-state index in [1.807, 2.05) is 11.9 Å². The molecule has 0 aliphatic carbocycles. The number of hydrogen-bond acceptors (Lipinski definition) is 6. The zero-order valence-electron chi connectivity index (χ0n) is 14.8. The Hall–Kier alpha value is -2.17. The summed E-state index contributed by atoms with van der Waals surface area (Å²) in [7, 11) is -1.47. The molecule has 3 rings (SSSR count). The van der Waals surface area contributed by atoms with Gasteiger partial charge in [0.1, 0.15) is 12.1 Å². The summed E-state index contributed by atoms with van der Waals surface area (Å²) in [5.74, 6) is 0. The van der Waals surface area contributed by atoms with E-state index in [0.29, 0.717) is 56.1 Å². The van der Waals surface area contributed by atoms with Crippen molar-refractivity contribution in [1.29, 1.82) is 10.5 Å². The van der Waals surface area contributed by atoms with Crippen LogP contribution in [0.4, 0.5) is 5.69 Å². The topological polar surface area (TPSA) is 94.7 Å². The molecule has 0 atom stereocenters. The molecule has 2 fully saturated rings. The number of rotatable bonds is 3. The number of hydrogen-bond donors (Lipinski definition) is 0. The Kier molecular flexibility index (Phi) is 5.44. The first-order chi connectivity index (χ1) is 12.5. The maximum atomic E-state index is 12.8. The van der Waals surface area contributed by atoms with Crippen LogP contribution in [0.3, 0.4) is 0 Å². The van der Waals surface area contributed by atoms with Gasteiger partial charge in [-0.25, -0.2) is 0 Å². The highest BCUT2D eigenvalue weighted by molar-refractivity contribution is 7.86. The fourth-order valence-electron chi connectivity index (χ4n) is 3.39. The molecule has 8 nitrogen and oxygen atoms in total. The molecule has 0 saturated carbocycles. The minimum Gasteiger partial charge on any atom is -0.367 e. The average molecular weight is 374 g/mol. The third-order valence-corrected chi connectivity index (χ3v) is 6.98. The number of anilines is 1. The van der Waals surface area contributed by atoms with Crippen molar-refractivity contribution in [2.24, 2.45) is 0 Å². The van der Waals surface area contributed by atoms with Crippen LogP contribution in [0.5, 0.6) is 0 Å². The normalized spacial score (nSPS) is 20.5. The van der Waals surface area contributed by atoms with Gasteiger partial charge in [-0.15, -0.1) is 0 Å². The lowest BCUT2D eigenvalue weighted by Gasteiger charge is -2.40. The van der Waals surface area contributed by atoms with E-state index in [-0.39, 0.29) is 0 Å². The van der Waals surface area contributed by atoms with E-state index in [2.05, 4.69) is 17.0 Å². The Morgan fingerprint density at radius 1 is 0.846 bits per heavy atom. The van der Waals surface area contributed by atoms with Crippen molar-refractivity contribution in [3.63, 3.8) is 0 Å². The molecule has 0 N–H and O–H groups in total. The van der Waals surface area contributed by atoms with E-state index in [1.54, 1.807) is 22.5 Å². The molecule has 26 heavy (non-hydrogen) atoms. The van der Waals surface area contributed by atoms with Crippen LogP contribution < -0.4 is 4.90 Å². The van der Waals surface area contributed by atoms with Crippen LogP contribution in [0.2, 0.25) is 0 Å². The molecular formula is C17H22N6O2S. The van der Waals surface area contributed by atoms with Gasteiger partial charge in [-0.3, -0.25) is 0 Å². The minimum absolute atomic E-state index is 0.347. The summed E-state index contributed by atoms with van der Waals surface area (Å²) in [6.07, 6.45) is 0. The first kappa shape index (κ1) is 18.6. The summed E-state index contributed by atoms with van der Waals surface area (Å²) < 4.78 is 28.8. The average Bonchev–Trinajstić information content (AvgIpc) is 2.67. The van der Waals surface area contributed by atoms with Crippen molar-refractivity contribution in [3.8, 4) is 12.1 Å². The summed E-state index contributed by atoms with van der Waals surface area (Å²) in [6, 6.07) is 9.31. The summed E-state index contributed by atoms with van der Waals surface area (Å²) in [5.41, 5.74) is 1.49. The van der Waals surface area contributed by atoms with Crippen molar-refractivity contribution < 1.29 is 8.42 Å². The van der Waals surface area contributed by atoms with Gasteiger partial charge in [-0.05, 0) is 19.2 Å². The predicted molar refractivity (Wildman–Crippen MR) is 97.6 cm³/mol. The van der Waals surface area contributed by atoms with Gasteiger partial charge >= 0.3 is 0 Å². The van der Waals surface area contributed by atoms with Gasteiger partial charge in [0.25, 0.3) is 10.2 Å². The molecule has 0 aromatic heterocycles. The highest BCUT2D eigenvalue weighted by Crippen LogP contribution is 2.26. The standard InChI is InChI=1S/C17H22N6O2S/c1-20-5-9-22(10-6-20)26(24,25)23-11-7-21(8-12-23)17-15(13-18)3-2-4-16(17)14-19/h2-4H,5-12H2,1H3. The molecule has 138 valence electrons. The van der Waals surface area contributed by atoms with Gasteiger partial charge in [0, 0.05) is 52.4 Å². The highest BCUT2D eigenvalue weighted by atomic mass is 32.2. The summed E-state index contributed by atoms with van der Waals surface area (Å²) in [4.78, 5) is 4.05. The number of nitrogens with zero attached hydrogens (tertiary/aromatic N) is 6. The minimum atomic E-state index is -3.46. The van der Waals surface area contributed by atoms with E-state index in [1.165, 1.54) is 4.31 Å². The number of likely N-dealkylation sites (N-methyl/N-ethyl adjacent to an activating group) is 1. The van der Waals surface area contributed by atoms with E-state index in [4.69, 9.17) is 0 Å². The first-order valence-corrected chi connectivity index (χ1v) is 9.99. The zero-order valence-corrected chi connectivity index (χ0v) is 15.6. The summed E-state index contributed by atoms with van der Waals surface area (Å²) in [5, 5.41) is 18.7. The van der Waals surface area contributed by atoms with Gasteiger partial charge < -0.3 is 9.80 Å². The van der Waals surface area contributed by atoms with Crippen molar-refractivity contribution in [3.05, 3.63) is 29.3 Å².